The summed E-state index contributed by atoms with van der Waals surface area (Å²) in [6.07, 6.45) is 2.63. The van der Waals surface area contributed by atoms with Crippen LogP contribution in [-0.2, 0) is 9.84 Å². The van der Waals surface area contributed by atoms with Gasteiger partial charge in [-0.15, -0.1) is 0 Å². The van der Waals surface area contributed by atoms with Gasteiger partial charge in [0.05, 0.1) is 23.6 Å². The normalized spacial score (nSPS) is 37.1. The zero-order valence-corrected chi connectivity index (χ0v) is 8.83. The van der Waals surface area contributed by atoms with Gasteiger partial charge in [0, 0.05) is 6.04 Å². The second-order valence-corrected chi connectivity index (χ2v) is 6.31. The molecule has 0 bridgehead atoms. The summed E-state index contributed by atoms with van der Waals surface area (Å²) in [5, 5.41) is 8.89. The first-order valence-electron chi connectivity index (χ1n) is 4.98. The molecular formula is C9H14N2O2S. The number of sulfone groups is 1. The summed E-state index contributed by atoms with van der Waals surface area (Å²) in [5.74, 6) is 0.553. The van der Waals surface area contributed by atoms with Crippen LogP contribution in [0.1, 0.15) is 19.3 Å². The van der Waals surface area contributed by atoms with Gasteiger partial charge in [-0.1, -0.05) is 0 Å². The largest absolute Gasteiger partial charge is 0.284 e. The third kappa shape index (κ3) is 1.77. The predicted octanol–water partition coefficient (Wildman–Crippen LogP) is 0.161. The van der Waals surface area contributed by atoms with E-state index in [0.717, 1.165) is 19.4 Å². The molecule has 2 rings (SSSR count). The van der Waals surface area contributed by atoms with Crippen LogP contribution < -0.4 is 0 Å². The molecule has 0 spiro atoms. The maximum atomic E-state index is 11.3. The van der Waals surface area contributed by atoms with Crippen molar-refractivity contribution in [1.82, 2.24) is 4.90 Å². The minimum atomic E-state index is -2.82. The topological polar surface area (TPSA) is 61.2 Å². The maximum absolute atomic E-state index is 11.3. The van der Waals surface area contributed by atoms with Gasteiger partial charge in [-0.3, -0.25) is 4.90 Å². The number of rotatable bonds is 1. The first kappa shape index (κ1) is 9.94. The van der Waals surface area contributed by atoms with E-state index in [-0.39, 0.29) is 17.8 Å². The Labute approximate surface area is 84.4 Å². The number of nitriles is 1. The van der Waals surface area contributed by atoms with Gasteiger partial charge in [-0.05, 0) is 25.8 Å². The Morgan fingerprint density at radius 3 is 2.71 bits per heavy atom. The van der Waals surface area contributed by atoms with Crippen LogP contribution in [0.5, 0.6) is 0 Å². The van der Waals surface area contributed by atoms with E-state index in [9.17, 15) is 8.42 Å². The van der Waals surface area contributed by atoms with Gasteiger partial charge in [0.25, 0.3) is 0 Å². The van der Waals surface area contributed by atoms with E-state index in [4.69, 9.17) is 5.26 Å². The van der Waals surface area contributed by atoms with E-state index in [1.807, 2.05) is 0 Å². The number of nitrogens with zero attached hydrogens (tertiary/aromatic N) is 2. The lowest BCUT2D eigenvalue weighted by molar-refractivity contribution is 0.227. The summed E-state index contributed by atoms with van der Waals surface area (Å²) in [7, 11) is -2.82. The minimum absolute atomic E-state index is 0.0479. The molecule has 5 heteroatoms. The fourth-order valence-corrected chi connectivity index (χ4v) is 4.14. The third-order valence-corrected chi connectivity index (χ3v) is 4.87. The number of likely N-dealkylation sites (tertiary alicyclic amines) is 1. The molecule has 0 radical (unpaired) electrons. The highest BCUT2D eigenvalue weighted by molar-refractivity contribution is 7.91. The summed E-state index contributed by atoms with van der Waals surface area (Å²) in [4.78, 5) is 2.07. The van der Waals surface area contributed by atoms with Crippen LogP contribution in [0.15, 0.2) is 0 Å². The molecule has 2 atom stereocenters. The molecule has 0 aliphatic carbocycles. The fourth-order valence-electron chi connectivity index (χ4n) is 2.40. The van der Waals surface area contributed by atoms with Crippen molar-refractivity contribution in [3.05, 3.63) is 0 Å². The van der Waals surface area contributed by atoms with Crippen LogP contribution in [0.4, 0.5) is 0 Å². The van der Waals surface area contributed by atoms with E-state index in [1.54, 1.807) is 0 Å². The summed E-state index contributed by atoms with van der Waals surface area (Å²) < 4.78 is 22.6. The predicted molar refractivity (Wildman–Crippen MR) is 52.4 cm³/mol. The summed E-state index contributed by atoms with van der Waals surface area (Å²) in [6.45, 7) is 0.887. The molecule has 4 nitrogen and oxygen atoms in total. The Morgan fingerprint density at radius 1 is 1.36 bits per heavy atom. The molecule has 2 unspecified atom stereocenters. The molecule has 0 aromatic heterocycles. The SMILES string of the molecule is N#CC1CCCN1C1CCS(=O)(=O)C1. The summed E-state index contributed by atoms with van der Waals surface area (Å²) in [6, 6.07) is 2.31. The van der Waals surface area contributed by atoms with Crippen LogP contribution in [0, 0.1) is 11.3 Å². The summed E-state index contributed by atoms with van der Waals surface area (Å²) >= 11 is 0. The van der Waals surface area contributed by atoms with Crippen LogP contribution in [-0.4, -0.2) is 43.5 Å². The first-order chi connectivity index (χ1) is 6.62. The van der Waals surface area contributed by atoms with Gasteiger partial charge in [-0.25, -0.2) is 8.42 Å². The van der Waals surface area contributed by atoms with Crippen molar-refractivity contribution in [3.8, 4) is 6.07 Å². The molecule has 2 fully saturated rings. The van der Waals surface area contributed by atoms with Gasteiger partial charge < -0.3 is 0 Å². The van der Waals surface area contributed by atoms with Crippen molar-refractivity contribution < 1.29 is 8.42 Å². The lowest BCUT2D eigenvalue weighted by Gasteiger charge is -2.25. The van der Waals surface area contributed by atoms with Crippen molar-refractivity contribution in [2.45, 2.75) is 31.3 Å². The quantitative estimate of drug-likeness (QED) is 0.624. The van der Waals surface area contributed by atoms with Gasteiger partial charge in [-0.2, -0.15) is 5.26 Å². The lowest BCUT2D eigenvalue weighted by Crippen LogP contribution is -2.39. The van der Waals surface area contributed by atoms with Crippen LogP contribution in [0.25, 0.3) is 0 Å². The molecule has 0 N–H and O–H groups in total. The third-order valence-electron chi connectivity index (χ3n) is 3.12. The zero-order chi connectivity index (χ0) is 10.2. The Bertz CT molecular complexity index is 357. The Balaban J connectivity index is 2.07. The summed E-state index contributed by atoms with van der Waals surface area (Å²) in [5.41, 5.74) is 0. The second-order valence-electron chi connectivity index (χ2n) is 4.08. The van der Waals surface area contributed by atoms with Gasteiger partial charge in [0.2, 0.25) is 0 Å². The van der Waals surface area contributed by atoms with E-state index in [2.05, 4.69) is 11.0 Å². The molecule has 78 valence electrons. The Hall–Kier alpha value is -0.600. The van der Waals surface area contributed by atoms with Crippen molar-refractivity contribution in [3.63, 3.8) is 0 Å². The molecule has 0 amide bonds. The van der Waals surface area contributed by atoms with Crippen molar-refractivity contribution >= 4 is 9.84 Å². The molecule has 2 aliphatic rings. The molecule has 2 aliphatic heterocycles. The second kappa shape index (κ2) is 3.52. The molecule has 0 saturated carbocycles. The van der Waals surface area contributed by atoms with E-state index >= 15 is 0 Å². The maximum Gasteiger partial charge on any atom is 0.151 e. The van der Waals surface area contributed by atoms with Gasteiger partial charge >= 0.3 is 0 Å². The van der Waals surface area contributed by atoms with Crippen LogP contribution in [0.3, 0.4) is 0 Å². The van der Waals surface area contributed by atoms with Gasteiger partial charge in [0.1, 0.15) is 0 Å². The minimum Gasteiger partial charge on any atom is -0.284 e. The molecule has 2 saturated heterocycles. The van der Waals surface area contributed by atoms with E-state index in [0.29, 0.717) is 12.2 Å². The molecule has 14 heavy (non-hydrogen) atoms. The first-order valence-corrected chi connectivity index (χ1v) is 6.80. The Morgan fingerprint density at radius 2 is 2.14 bits per heavy atom. The molecule has 0 aromatic carbocycles. The zero-order valence-electron chi connectivity index (χ0n) is 8.02. The molecule has 2 heterocycles. The van der Waals surface area contributed by atoms with E-state index in [1.165, 1.54) is 0 Å². The van der Waals surface area contributed by atoms with E-state index < -0.39 is 9.84 Å². The van der Waals surface area contributed by atoms with Crippen molar-refractivity contribution in [2.75, 3.05) is 18.1 Å². The van der Waals surface area contributed by atoms with Gasteiger partial charge in [0.15, 0.2) is 9.84 Å². The fraction of sp³-hybridized carbons (Fsp3) is 0.889. The molecule has 0 aromatic rings. The Kier molecular flexibility index (Phi) is 2.50. The molecular weight excluding hydrogens is 200 g/mol. The average Bonchev–Trinajstić information content (AvgIpc) is 2.70. The average molecular weight is 214 g/mol. The number of hydrogen-bond acceptors (Lipinski definition) is 4. The van der Waals surface area contributed by atoms with Crippen molar-refractivity contribution in [2.24, 2.45) is 0 Å². The highest BCUT2D eigenvalue weighted by Crippen LogP contribution is 2.25. The van der Waals surface area contributed by atoms with Crippen LogP contribution in [0.2, 0.25) is 0 Å². The highest BCUT2D eigenvalue weighted by atomic mass is 32.2. The highest BCUT2D eigenvalue weighted by Gasteiger charge is 2.37. The smallest absolute Gasteiger partial charge is 0.151 e. The van der Waals surface area contributed by atoms with Crippen LogP contribution >= 0.6 is 0 Å². The standard InChI is InChI=1S/C9H14N2O2S/c10-6-8-2-1-4-11(8)9-3-5-14(12,13)7-9/h8-9H,1-5,7H2. The number of hydrogen-bond donors (Lipinski definition) is 0. The lowest BCUT2D eigenvalue weighted by atomic mass is 10.2. The monoisotopic (exact) mass is 214 g/mol. The van der Waals surface area contributed by atoms with Crippen molar-refractivity contribution in [1.29, 1.82) is 5.26 Å².